The van der Waals surface area contributed by atoms with E-state index in [1.54, 1.807) is 0 Å². The Kier molecular flexibility index (Phi) is 3.81. The second kappa shape index (κ2) is 5.60. The second-order valence-electron chi connectivity index (χ2n) is 6.49. The van der Waals surface area contributed by atoms with E-state index in [4.69, 9.17) is 5.73 Å². The van der Waals surface area contributed by atoms with Crippen LogP contribution in [-0.4, -0.2) is 22.3 Å². The van der Waals surface area contributed by atoms with Crippen molar-refractivity contribution in [1.82, 2.24) is 10.2 Å². The van der Waals surface area contributed by atoms with Gasteiger partial charge in [0, 0.05) is 17.3 Å². The largest absolute Gasteiger partial charge is 0.361 e. The van der Waals surface area contributed by atoms with E-state index in [2.05, 4.69) is 34.6 Å². The van der Waals surface area contributed by atoms with Gasteiger partial charge in [-0.05, 0) is 25.7 Å². The lowest BCUT2D eigenvalue weighted by atomic mass is 9.76. The predicted octanol–water partition coefficient (Wildman–Crippen LogP) is 3.26. The van der Waals surface area contributed by atoms with Gasteiger partial charge in [-0.15, -0.1) is 5.10 Å². The topological polar surface area (TPSA) is 63.8 Å². The van der Waals surface area contributed by atoms with Gasteiger partial charge >= 0.3 is 0 Å². The SMILES string of the molecule is Cc1nnc(NC2(CN)CCCC(C)C2)c2ccccc12. The molecule has 0 spiro atoms. The van der Waals surface area contributed by atoms with Crippen LogP contribution >= 0.6 is 0 Å². The maximum Gasteiger partial charge on any atom is 0.157 e. The number of anilines is 1. The maximum absolute atomic E-state index is 6.11. The number of nitrogens with one attached hydrogen (secondary N) is 1. The average Bonchev–Trinajstić information content (AvgIpc) is 2.50. The van der Waals surface area contributed by atoms with Crippen molar-refractivity contribution >= 4 is 16.6 Å². The minimum atomic E-state index is -0.0373. The van der Waals surface area contributed by atoms with E-state index in [9.17, 15) is 0 Å². The number of aromatic nitrogens is 2. The summed E-state index contributed by atoms with van der Waals surface area (Å²) < 4.78 is 0. The summed E-state index contributed by atoms with van der Waals surface area (Å²) >= 11 is 0. The fourth-order valence-electron chi connectivity index (χ4n) is 3.59. The molecule has 0 bridgehead atoms. The Morgan fingerprint density at radius 2 is 2.05 bits per heavy atom. The summed E-state index contributed by atoms with van der Waals surface area (Å²) in [4.78, 5) is 0. The normalized spacial score (nSPS) is 26.0. The Balaban J connectivity index is 1.99. The van der Waals surface area contributed by atoms with Crippen LogP contribution in [0.5, 0.6) is 0 Å². The molecule has 2 atom stereocenters. The zero-order chi connectivity index (χ0) is 14.9. The van der Waals surface area contributed by atoms with Gasteiger partial charge in [0.05, 0.1) is 11.2 Å². The third-order valence-electron chi connectivity index (χ3n) is 4.74. The van der Waals surface area contributed by atoms with Crippen molar-refractivity contribution in [2.45, 2.75) is 45.1 Å². The third kappa shape index (κ3) is 2.72. The summed E-state index contributed by atoms with van der Waals surface area (Å²) in [5.41, 5.74) is 7.04. The highest BCUT2D eigenvalue weighted by Crippen LogP contribution is 2.35. The minimum Gasteiger partial charge on any atom is -0.361 e. The van der Waals surface area contributed by atoms with Gasteiger partial charge in [-0.1, -0.05) is 44.0 Å². The van der Waals surface area contributed by atoms with Crippen LogP contribution in [0.15, 0.2) is 24.3 Å². The first kappa shape index (κ1) is 14.3. The van der Waals surface area contributed by atoms with E-state index in [1.807, 2.05) is 19.1 Å². The fraction of sp³-hybridized carbons (Fsp3) is 0.529. The van der Waals surface area contributed by atoms with Crippen LogP contribution in [0.25, 0.3) is 10.8 Å². The van der Waals surface area contributed by atoms with Crippen molar-refractivity contribution in [1.29, 1.82) is 0 Å². The zero-order valence-corrected chi connectivity index (χ0v) is 12.9. The zero-order valence-electron chi connectivity index (χ0n) is 12.9. The number of benzene rings is 1. The van der Waals surface area contributed by atoms with Gasteiger partial charge in [0.15, 0.2) is 5.82 Å². The van der Waals surface area contributed by atoms with E-state index in [0.29, 0.717) is 12.5 Å². The number of aryl methyl sites for hydroxylation is 1. The summed E-state index contributed by atoms with van der Waals surface area (Å²) in [6.45, 7) is 4.95. The van der Waals surface area contributed by atoms with Crippen molar-refractivity contribution in [3.8, 4) is 0 Å². The first-order chi connectivity index (χ1) is 10.1. The number of nitrogens with zero attached hydrogens (tertiary/aromatic N) is 2. The summed E-state index contributed by atoms with van der Waals surface area (Å²) in [5.74, 6) is 1.58. The van der Waals surface area contributed by atoms with Crippen molar-refractivity contribution < 1.29 is 0 Å². The van der Waals surface area contributed by atoms with Gasteiger partial charge in [0.25, 0.3) is 0 Å². The highest BCUT2D eigenvalue weighted by Gasteiger charge is 2.34. The van der Waals surface area contributed by atoms with E-state index in [0.717, 1.165) is 35.1 Å². The molecule has 4 heteroatoms. The van der Waals surface area contributed by atoms with Gasteiger partial charge in [-0.3, -0.25) is 0 Å². The lowest BCUT2D eigenvalue weighted by Crippen LogP contribution is -2.49. The molecule has 0 aliphatic heterocycles. The molecule has 1 aromatic carbocycles. The highest BCUT2D eigenvalue weighted by atomic mass is 15.2. The van der Waals surface area contributed by atoms with Crippen LogP contribution in [0.4, 0.5) is 5.82 Å². The Hall–Kier alpha value is -1.68. The Bertz CT molecular complexity index is 640. The number of nitrogens with two attached hydrogens (primary N) is 1. The molecule has 1 aromatic heterocycles. The molecule has 0 radical (unpaired) electrons. The standard InChI is InChI=1S/C17H24N4/c1-12-6-5-9-17(10-12,11-18)19-16-15-8-4-3-7-14(15)13(2)20-21-16/h3-4,7-8,12H,5-6,9-11,18H2,1-2H3,(H,19,21). The number of rotatable bonds is 3. The minimum absolute atomic E-state index is 0.0373. The van der Waals surface area contributed by atoms with Gasteiger partial charge < -0.3 is 11.1 Å². The molecule has 1 heterocycles. The second-order valence-corrected chi connectivity index (χ2v) is 6.49. The lowest BCUT2D eigenvalue weighted by molar-refractivity contribution is 0.263. The Morgan fingerprint density at radius 1 is 1.29 bits per heavy atom. The fourth-order valence-corrected chi connectivity index (χ4v) is 3.59. The number of fused-ring (bicyclic) bond motifs is 1. The molecule has 0 amide bonds. The monoisotopic (exact) mass is 284 g/mol. The highest BCUT2D eigenvalue weighted by molar-refractivity contribution is 5.93. The molecule has 1 aliphatic rings. The van der Waals surface area contributed by atoms with Gasteiger partial charge in [-0.25, -0.2) is 0 Å². The molecule has 2 aromatic rings. The molecule has 1 saturated carbocycles. The molecule has 3 N–H and O–H groups in total. The number of hydrogen-bond acceptors (Lipinski definition) is 4. The van der Waals surface area contributed by atoms with Crippen molar-refractivity contribution in [3.05, 3.63) is 30.0 Å². The maximum atomic E-state index is 6.11. The summed E-state index contributed by atoms with van der Waals surface area (Å²) in [6.07, 6.45) is 4.73. The predicted molar refractivity (Wildman–Crippen MR) is 87.3 cm³/mol. The first-order valence-electron chi connectivity index (χ1n) is 7.84. The van der Waals surface area contributed by atoms with Crippen molar-refractivity contribution in [2.75, 3.05) is 11.9 Å². The quantitative estimate of drug-likeness (QED) is 0.908. The molecule has 2 unspecified atom stereocenters. The average molecular weight is 284 g/mol. The van der Waals surface area contributed by atoms with Crippen molar-refractivity contribution in [3.63, 3.8) is 0 Å². The summed E-state index contributed by atoms with van der Waals surface area (Å²) in [7, 11) is 0. The summed E-state index contributed by atoms with van der Waals surface area (Å²) in [5, 5.41) is 14.6. The molecule has 21 heavy (non-hydrogen) atoms. The summed E-state index contributed by atoms with van der Waals surface area (Å²) in [6, 6.07) is 8.30. The van der Waals surface area contributed by atoms with E-state index < -0.39 is 0 Å². The molecule has 4 nitrogen and oxygen atoms in total. The van der Waals surface area contributed by atoms with Crippen LogP contribution in [0.3, 0.4) is 0 Å². The molecular formula is C17H24N4. The van der Waals surface area contributed by atoms with E-state index in [1.165, 1.54) is 12.8 Å². The number of hydrogen-bond donors (Lipinski definition) is 2. The molecule has 0 saturated heterocycles. The van der Waals surface area contributed by atoms with Crippen LogP contribution in [-0.2, 0) is 0 Å². The van der Waals surface area contributed by atoms with E-state index in [-0.39, 0.29) is 5.54 Å². The van der Waals surface area contributed by atoms with E-state index >= 15 is 0 Å². The lowest BCUT2D eigenvalue weighted by Gasteiger charge is -2.40. The van der Waals surface area contributed by atoms with Gasteiger partial charge in [-0.2, -0.15) is 5.10 Å². The molecular weight excluding hydrogens is 260 g/mol. The van der Waals surface area contributed by atoms with Crippen LogP contribution in [0.2, 0.25) is 0 Å². The Morgan fingerprint density at radius 3 is 2.76 bits per heavy atom. The van der Waals surface area contributed by atoms with Crippen LogP contribution in [0, 0.1) is 12.8 Å². The van der Waals surface area contributed by atoms with Crippen LogP contribution < -0.4 is 11.1 Å². The molecule has 1 aliphatic carbocycles. The smallest absolute Gasteiger partial charge is 0.157 e. The first-order valence-corrected chi connectivity index (χ1v) is 7.84. The Labute approximate surface area is 126 Å². The van der Waals surface area contributed by atoms with Crippen LogP contribution in [0.1, 0.15) is 38.3 Å². The van der Waals surface area contributed by atoms with Gasteiger partial charge in [0.2, 0.25) is 0 Å². The van der Waals surface area contributed by atoms with Gasteiger partial charge in [0.1, 0.15) is 0 Å². The molecule has 112 valence electrons. The molecule has 1 fully saturated rings. The third-order valence-corrected chi connectivity index (χ3v) is 4.74. The van der Waals surface area contributed by atoms with Crippen molar-refractivity contribution in [2.24, 2.45) is 11.7 Å². The molecule has 3 rings (SSSR count).